The van der Waals surface area contributed by atoms with Gasteiger partial charge >= 0.3 is 10.4 Å². The Balaban J connectivity index is 0. The van der Waals surface area contributed by atoms with Crippen molar-refractivity contribution in [2.24, 2.45) is 0 Å². The highest BCUT2D eigenvalue weighted by atomic mass is 32.3. The van der Waals surface area contributed by atoms with Gasteiger partial charge < -0.3 is 0 Å². The van der Waals surface area contributed by atoms with E-state index in [0.29, 0.717) is 6.42 Å². The molecule has 19 heavy (non-hydrogen) atoms. The van der Waals surface area contributed by atoms with Gasteiger partial charge in [0.05, 0.1) is 6.61 Å². The standard InChI is InChI=1S/C12H26O4S.C2H6/c1-2-3-4-5-6-7-8-9-10-11-12-16-17(13,14)15;1-2/h2-12H2,1H3,(H,13,14,15);1-2H3. The fourth-order valence-corrected chi connectivity index (χ4v) is 2.08. The Labute approximate surface area is 119 Å². The second-order valence-corrected chi connectivity index (χ2v) is 5.52. The lowest BCUT2D eigenvalue weighted by molar-refractivity contribution is 0.261. The van der Waals surface area contributed by atoms with Gasteiger partial charge in [0.1, 0.15) is 0 Å². The van der Waals surface area contributed by atoms with E-state index in [2.05, 4.69) is 11.1 Å². The Morgan fingerprint density at radius 3 is 1.53 bits per heavy atom. The maximum Gasteiger partial charge on any atom is 0.397 e. The molecule has 0 bridgehead atoms. The summed E-state index contributed by atoms with van der Waals surface area (Å²) in [5.41, 5.74) is 0. The van der Waals surface area contributed by atoms with Crippen molar-refractivity contribution in [3.05, 3.63) is 0 Å². The predicted octanol–water partition coefficient (Wildman–Crippen LogP) is 4.75. The number of unbranched alkanes of at least 4 members (excludes halogenated alkanes) is 9. The largest absolute Gasteiger partial charge is 0.397 e. The van der Waals surface area contributed by atoms with Crippen LogP contribution < -0.4 is 0 Å². The molecule has 0 rings (SSSR count). The van der Waals surface area contributed by atoms with E-state index in [9.17, 15) is 8.42 Å². The van der Waals surface area contributed by atoms with E-state index in [1.165, 1.54) is 44.9 Å². The topological polar surface area (TPSA) is 63.6 Å². The summed E-state index contributed by atoms with van der Waals surface area (Å²) in [4.78, 5) is 0. The monoisotopic (exact) mass is 296 g/mol. The van der Waals surface area contributed by atoms with Crippen molar-refractivity contribution >= 4 is 10.4 Å². The molecule has 0 atom stereocenters. The van der Waals surface area contributed by atoms with Gasteiger partial charge in [-0.3, -0.25) is 4.55 Å². The Morgan fingerprint density at radius 2 is 1.16 bits per heavy atom. The minimum absolute atomic E-state index is 0.0926. The van der Waals surface area contributed by atoms with Crippen LogP contribution in [0.3, 0.4) is 0 Å². The third-order valence-electron chi connectivity index (χ3n) is 2.73. The van der Waals surface area contributed by atoms with E-state index < -0.39 is 10.4 Å². The average Bonchev–Trinajstić information content (AvgIpc) is 2.37. The first-order chi connectivity index (χ1) is 9.06. The third kappa shape index (κ3) is 23.4. The number of hydrogen-bond acceptors (Lipinski definition) is 3. The fourth-order valence-electron chi connectivity index (χ4n) is 1.75. The summed E-state index contributed by atoms with van der Waals surface area (Å²) in [5.74, 6) is 0. The van der Waals surface area contributed by atoms with Gasteiger partial charge in [0, 0.05) is 0 Å². The van der Waals surface area contributed by atoms with Crippen molar-refractivity contribution in [3.8, 4) is 0 Å². The van der Waals surface area contributed by atoms with Crippen LogP contribution >= 0.6 is 0 Å². The summed E-state index contributed by atoms with van der Waals surface area (Å²) >= 11 is 0. The maximum absolute atomic E-state index is 10.2. The molecule has 0 aliphatic carbocycles. The van der Waals surface area contributed by atoms with E-state index in [-0.39, 0.29) is 6.61 Å². The highest BCUT2D eigenvalue weighted by Crippen LogP contribution is 2.10. The molecule has 0 saturated carbocycles. The van der Waals surface area contributed by atoms with Crippen LogP contribution in [0.15, 0.2) is 0 Å². The van der Waals surface area contributed by atoms with Crippen LogP contribution in [-0.4, -0.2) is 19.6 Å². The van der Waals surface area contributed by atoms with Crippen LogP contribution in [0.5, 0.6) is 0 Å². The van der Waals surface area contributed by atoms with Gasteiger partial charge in [-0.25, -0.2) is 4.18 Å². The van der Waals surface area contributed by atoms with Crippen molar-refractivity contribution in [2.75, 3.05) is 6.61 Å². The van der Waals surface area contributed by atoms with Crippen molar-refractivity contribution in [2.45, 2.75) is 85.0 Å². The maximum atomic E-state index is 10.2. The molecule has 0 radical (unpaired) electrons. The van der Waals surface area contributed by atoms with E-state index in [0.717, 1.165) is 12.8 Å². The van der Waals surface area contributed by atoms with Gasteiger partial charge in [-0.05, 0) is 6.42 Å². The summed E-state index contributed by atoms with van der Waals surface area (Å²) < 4.78 is 33.0. The Morgan fingerprint density at radius 1 is 0.789 bits per heavy atom. The lowest BCUT2D eigenvalue weighted by atomic mass is 10.1. The van der Waals surface area contributed by atoms with Gasteiger partial charge in [0.2, 0.25) is 0 Å². The molecule has 0 amide bonds. The van der Waals surface area contributed by atoms with Gasteiger partial charge in [-0.1, -0.05) is 78.6 Å². The molecule has 0 aromatic heterocycles. The quantitative estimate of drug-likeness (QED) is 0.417. The van der Waals surface area contributed by atoms with Gasteiger partial charge in [-0.2, -0.15) is 8.42 Å². The summed E-state index contributed by atoms with van der Waals surface area (Å²) in [6.07, 6.45) is 11.9. The summed E-state index contributed by atoms with van der Waals surface area (Å²) in [6, 6.07) is 0. The lowest BCUT2D eigenvalue weighted by Gasteiger charge is -2.02. The molecule has 0 aromatic carbocycles. The predicted molar refractivity (Wildman–Crippen MR) is 80.7 cm³/mol. The molecule has 0 aliphatic rings. The highest BCUT2D eigenvalue weighted by Gasteiger charge is 2.02. The minimum atomic E-state index is -4.23. The Kier molecular flexibility index (Phi) is 17.7. The van der Waals surface area contributed by atoms with Crippen LogP contribution in [0.1, 0.15) is 85.0 Å². The molecule has 4 nitrogen and oxygen atoms in total. The molecule has 118 valence electrons. The van der Waals surface area contributed by atoms with E-state index in [4.69, 9.17) is 4.55 Å². The fraction of sp³-hybridized carbons (Fsp3) is 1.00. The summed E-state index contributed by atoms with van der Waals surface area (Å²) in [5, 5.41) is 0. The minimum Gasteiger partial charge on any atom is -0.264 e. The van der Waals surface area contributed by atoms with Crippen LogP contribution in [0.2, 0.25) is 0 Å². The van der Waals surface area contributed by atoms with Crippen LogP contribution in [0, 0.1) is 0 Å². The SMILES string of the molecule is CC.CCCCCCCCCCCCOS(=O)(=O)O. The van der Waals surface area contributed by atoms with E-state index >= 15 is 0 Å². The average molecular weight is 296 g/mol. The van der Waals surface area contributed by atoms with Crippen LogP contribution in [-0.2, 0) is 14.6 Å². The van der Waals surface area contributed by atoms with Crippen molar-refractivity contribution in [1.29, 1.82) is 0 Å². The molecule has 0 saturated heterocycles. The zero-order valence-electron chi connectivity index (χ0n) is 12.9. The highest BCUT2D eigenvalue weighted by molar-refractivity contribution is 7.80. The Hall–Kier alpha value is -0.130. The third-order valence-corrected chi connectivity index (χ3v) is 3.19. The van der Waals surface area contributed by atoms with E-state index in [1.807, 2.05) is 13.8 Å². The normalized spacial score (nSPS) is 10.9. The van der Waals surface area contributed by atoms with Crippen molar-refractivity contribution < 1.29 is 17.2 Å². The van der Waals surface area contributed by atoms with Crippen molar-refractivity contribution in [3.63, 3.8) is 0 Å². The number of rotatable bonds is 12. The molecule has 0 aromatic rings. The molecule has 1 N–H and O–H groups in total. The summed E-state index contributed by atoms with van der Waals surface area (Å²) in [6.45, 7) is 6.31. The molecule has 0 heterocycles. The second kappa shape index (κ2) is 15.9. The zero-order chi connectivity index (χ0) is 15.0. The first kappa shape index (κ1) is 21.2. The lowest BCUT2D eigenvalue weighted by Crippen LogP contribution is -2.04. The molecular weight excluding hydrogens is 264 g/mol. The zero-order valence-corrected chi connectivity index (χ0v) is 13.7. The molecule has 0 aliphatic heterocycles. The smallest absolute Gasteiger partial charge is 0.264 e. The van der Waals surface area contributed by atoms with E-state index in [1.54, 1.807) is 0 Å². The molecule has 0 spiro atoms. The van der Waals surface area contributed by atoms with Crippen LogP contribution in [0.25, 0.3) is 0 Å². The van der Waals surface area contributed by atoms with Crippen molar-refractivity contribution in [1.82, 2.24) is 0 Å². The summed E-state index contributed by atoms with van der Waals surface area (Å²) in [7, 11) is -4.23. The van der Waals surface area contributed by atoms with Gasteiger partial charge in [0.15, 0.2) is 0 Å². The molecule has 0 fully saturated rings. The van der Waals surface area contributed by atoms with Crippen LogP contribution in [0.4, 0.5) is 0 Å². The second-order valence-electron chi connectivity index (χ2n) is 4.43. The Bertz CT molecular complexity index is 250. The van der Waals surface area contributed by atoms with Gasteiger partial charge in [-0.15, -0.1) is 0 Å². The first-order valence-corrected chi connectivity index (χ1v) is 9.04. The van der Waals surface area contributed by atoms with Gasteiger partial charge in [0.25, 0.3) is 0 Å². The molecule has 5 heteroatoms. The molecule has 0 unspecified atom stereocenters. The first-order valence-electron chi connectivity index (χ1n) is 7.68. The molecular formula is C14H32O4S. The number of hydrogen-bond donors (Lipinski definition) is 1.